The molecule has 1 atom stereocenters. The molecule has 0 aliphatic carbocycles. The zero-order valence-corrected chi connectivity index (χ0v) is 11.5. The van der Waals surface area contributed by atoms with Gasteiger partial charge in [0, 0.05) is 6.26 Å². The van der Waals surface area contributed by atoms with Crippen molar-refractivity contribution in [1.82, 2.24) is 0 Å². The lowest BCUT2D eigenvalue weighted by Crippen LogP contribution is -2.12. The van der Waals surface area contributed by atoms with E-state index in [4.69, 9.17) is 5.73 Å². The van der Waals surface area contributed by atoms with Crippen molar-refractivity contribution in [2.75, 3.05) is 12.8 Å². The molecule has 1 aromatic carbocycles. The summed E-state index contributed by atoms with van der Waals surface area (Å²) in [7, 11) is -3.10. The third kappa shape index (κ3) is 3.82. The second-order valence-electron chi connectivity index (χ2n) is 4.77. The van der Waals surface area contributed by atoms with Gasteiger partial charge >= 0.3 is 0 Å². The van der Waals surface area contributed by atoms with Crippen molar-refractivity contribution in [1.29, 1.82) is 0 Å². The monoisotopic (exact) mass is 255 g/mol. The van der Waals surface area contributed by atoms with Gasteiger partial charge in [-0.05, 0) is 42.5 Å². The summed E-state index contributed by atoms with van der Waals surface area (Å²) in [6.45, 7) is 4.96. The molecule has 1 aromatic rings. The fourth-order valence-electron chi connectivity index (χ4n) is 2.03. The largest absolute Gasteiger partial charge is 0.330 e. The Morgan fingerprint density at radius 3 is 2.06 bits per heavy atom. The van der Waals surface area contributed by atoms with Crippen LogP contribution in [-0.2, 0) is 9.84 Å². The van der Waals surface area contributed by atoms with Crippen LogP contribution in [0, 0.1) is 5.92 Å². The van der Waals surface area contributed by atoms with Gasteiger partial charge in [-0.2, -0.15) is 0 Å². The van der Waals surface area contributed by atoms with Gasteiger partial charge in [0.05, 0.1) is 4.90 Å². The van der Waals surface area contributed by atoms with Gasteiger partial charge in [0.2, 0.25) is 0 Å². The second kappa shape index (κ2) is 5.65. The molecular formula is C13H21NO2S. The summed E-state index contributed by atoms with van der Waals surface area (Å²) >= 11 is 0. The van der Waals surface area contributed by atoms with Gasteiger partial charge in [-0.3, -0.25) is 0 Å². The SMILES string of the molecule is CC(C)C(CCN)c1ccc(S(C)(=O)=O)cc1. The Kier molecular flexibility index (Phi) is 4.71. The number of hydrogen-bond acceptors (Lipinski definition) is 3. The lowest BCUT2D eigenvalue weighted by atomic mass is 9.86. The summed E-state index contributed by atoms with van der Waals surface area (Å²) < 4.78 is 22.7. The fourth-order valence-corrected chi connectivity index (χ4v) is 2.66. The smallest absolute Gasteiger partial charge is 0.175 e. The summed E-state index contributed by atoms with van der Waals surface area (Å²) in [6, 6.07) is 7.15. The normalized spacial score (nSPS) is 13.9. The molecule has 17 heavy (non-hydrogen) atoms. The van der Waals surface area contributed by atoms with Crippen molar-refractivity contribution >= 4 is 9.84 Å². The first-order valence-electron chi connectivity index (χ1n) is 5.86. The predicted molar refractivity (Wildman–Crippen MR) is 70.8 cm³/mol. The summed E-state index contributed by atoms with van der Waals surface area (Å²) in [5, 5.41) is 0. The fraction of sp³-hybridized carbons (Fsp3) is 0.538. The van der Waals surface area contributed by atoms with Gasteiger partial charge in [0.1, 0.15) is 0 Å². The molecule has 0 fully saturated rings. The molecule has 1 rings (SSSR count). The van der Waals surface area contributed by atoms with E-state index in [-0.39, 0.29) is 0 Å². The lowest BCUT2D eigenvalue weighted by molar-refractivity contribution is 0.473. The maximum absolute atomic E-state index is 11.4. The van der Waals surface area contributed by atoms with E-state index in [1.165, 1.54) is 6.26 Å². The lowest BCUT2D eigenvalue weighted by Gasteiger charge is -2.20. The maximum atomic E-state index is 11.4. The van der Waals surface area contributed by atoms with Crippen LogP contribution in [0.2, 0.25) is 0 Å². The van der Waals surface area contributed by atoms with Crippen LogP contribution in [0.1, 0.15) is 31.7 Å². The number of benzene rings is 1. The summed E-state index contributed by atoms with van der Waals surface area (Å²) in [5.41, 5.74) is 6.77. The first-order chi connectivity index (χ1) is 7.86. The average Bonchev–Trinajstić information content (AvgIpc) is 2.24. The molecule has 0 saturated heterocycles. The number of sulfone groups is 1. The van der Waals surface area contributed by atoms with Crippen LogP contribution < -0.4 is 5.73 Å². The zero-order valence-electron chi connectivity index (χ0n) is 10.7. The highest BCUT2D eigenvalue weighted by atomic mass is 32.2. The molecule has 0 spiro atoms. The minimum atomic E-state index is -3.10. The molecular weight excluding hydrogens is 234 g/mol. The second-order valence-corrected chi connectivity index (χ2v) is 6.78. The molecule has 0 aliphatic rings. The molecule has 0 saturated carbocycles. The van der Waals surface area contributed by atoms with E-state index >= 15 is 0 Å². The minimum absolute atomic E-state index is 0.372. The van der Waals surface area contributed by atoms with E-state index in [2.05, 4.69) is 13.8 Å². The van der Waals surface area contributed by atoms with Crippen LogP contribution in [0.3, 0.4) is 0 Å². The molecule has 0 amide bonds. The van der Waals surface area contributed by atoms with E-state index in [1.54, 1.807) is 12.1 Å². The van der Waals surface area contributed by atoms with Gasteiger partial charge in [-0.25, -0.2) is 8.42 Å². The molecule has 4 heteroatoms. The maximum Gasteiger partial charge on any atom is 0.175 e. The molecule has 3 nitrogen and oxygen atoms in total. The zero-order chi connectivity index (χ0) is 13.1. The van der Waals surface area contributed by atoms with Crippen molar-refractivity contribution in [2.24, 2.45) is 11.7 Å². The standard InChI is InChI=1S/C13H21NO2S/c1-10(2)13(8-9-14)11-4-6-12(7-5-11)17(3,15)16/h4-7,10,13H,8-9,14H2,1-3H3. The molecule has 0 aliphatic heterocycles. The highest BCUT2D eigenvalue weighted by Gasteiger charge is 2.15. The van der Waals surface area contributed by atoms with Crippen LogP contribution in [0.25, 0.3) is 0 Å². The Balaban J connectivity index is 3.00. The molecule has 2 N–H and O–H groups in total. The van der Waals surface area contributed by atoms with Gasteiger partial charge in [-0.15, -0.1) is 0 Å². The number of rotatable bonds is 5. The van der Waals surface area contributed by atoms with E-state index in [1.807, 2.05) is 12.1 Å². The Morgan fingerprint density at radius 2 is 1.71 bits per heavy atom. The molecule has 0 radical (unpaired) electrons. The van der Waals surface area contributed by atoms with Crippen molar-refractivity contribution < 1.29 is 8.42 Å². The first kappa shape index (κ1) is 14.2. The van der Waals surface area contributed by atoms with Crippen molar-refractivity contribution in [3.05, 3.63) is 29.8 Å². The van der Waals surface area contributed by atoms with Crippen molar-refractivity contribution in [3.63, 3.8) is 0 Å². The highest BCUT2D eigenvalue weighted by Crippen LogP contribution is 2.28. The Labute approximate surface area is 104 Å². The Bertz CT molecular complexity index is 449. The topological polar surface area (TPSA) is 60.2 Å². The summed E-state index contributed by atoms with van der Waals surface area (Å²) in [6.07, 6.45) is 2.15. The van der Waals surface area contributed by atoms with Gasteiger partial charge in [0.25, 0.3) is 0 Å². The van der Waals surface area contributed by atoms with Crippen LogP contribution in [-0.4, -0.2) is 21.2 Å². The van der Waals surface area contributed by atoms with E-state index in [0.29, 0.717) is 23.3 Å². The van der Waals surface area contributed by atoms with E-state index in [9.17, 15) is 8.42 Å². The average molecular weight is 255 g/mol. The first-order valence-corrected chi connectivity index (χ1v) is 7.75. The summed E-state index contributed by atoms with van der Waals surface area (Å²) in [4.78, 5) is 0.372. The molecule has 0 heterocycles. The predicted octanol–water partition coefficient (Wildman–Crippen LogP) is 2.18. The van der Waals surface area contributed by atoms with Gasteiger partial charge in [0.15, 0.2) is 9.84 Å². The third-order valence-electron chi connectivity index (χ3n) is 3.02. The van der Waals surface area contributed by atoms with Crippen LogP contribution in [0.5, 0.6) is 0 Å². The van der Waals surface area contributed by atoms with Crippen LogP contribution in [0.15, 0.2) is 29.2 Å². The summed E-state index contributed by atoms with van der Waals surface area (Å²) in [5.74, 6) is 0.899. The third-order valence-corrected chi connectivity index (χ3v) is 4.15. The van der Waals surface area contributed by atoms with E-state index in [0.717, 1.165) is 12.0 Å². The Morgan fingerprint density at radius 1 is 1.18 bits per heavy atom. The number of nitrogens with two attached hydrogens (primary N) is 1. The number of hydrogen-bond donors (Lipinski definition) is 1. The quantitative estimate of drug-likeness (QED) is 0.877. The van der Waals surface area contributed by atoms with Gasteiger partial charge < -0.3 is 5.73 Å². The van der Waals surface area contributed by atoms with Crippen LogP contribution in [0.4, 0.5) is 0 Å². The molecule has 0 bridgehead atoms. The highest BCUT2D eigenvalue weighted by molar-refractivity contribution is 7.90. The van der Waals surface area contributed by atoms with E-state index < -0.39 is 9.84 Å². The Hall–Kier alpha value is -0.870. The molecule has 96 valence electrons. The van der Waals surface area contributed by atoms with Crippen molar-refractivity contribution in [2.45, 2.75) is 31.1 Å². The molecule has 0 aromatic heterocycles. The molecule has 1 unspecified atom stereocenters. The van der Waals surface area contributed by atoms with Crippen molar-refractivity contribution in [3.8, 4) is 0 Å². The minimum Gasteiger partial charge on any atom is -0.330 e. The van der Waals surface area contributed by atoms with Gasteiger partial charge in [-0.1, -0.05) is 26.0 Å². The van der Waals surface area contributed by atoms with Crippen LogP contribution >= 0.6 is 0 Å².